The lowest BCUT2D eigenvalue weighted by molar-refractivity contribution is 0.0696. The van der Waals surface area contributed by atoms with Gasteiger partial charge in [0, 0.05) is 31.4 Å². The van der Waals surface area contributed by atoms with Crippen LogP contribution in [-0.2, 0) is 13.0 Å². The molecule has 0 atom stereocenters. The molecule has 2 heterocycles. The average molecular weight is 404 g/mol. The summed E-state index contributed by atoms with van der Waals surface area (Å²) >= 11 is 0. The van der Waals surface area contributed by atoms with Gasteiger partial charge in [0.15, 0.2) is 5.69 Å². The maximum atomic E-state index is 12.3. The molecule has 0 aliphatic heterocycles. The largest absolute Gasteiger partial charge is 0.492 e. The number of carbonyl (C=O) groups excluding carboxylic acids is 1. The molecule has 0 radical (unpaired) electrons. The van der Waals surface area contributed by atoms with Crippen molar-refractivity contribution in [3.8, 4) is 17.8 Å². The molecule has 0 aliphatic rings. The Morgan fingerprint density at radius 3 is 2.43 bits per heavy atom. The lowest BCUT2D eigenvalue weighted by Crippen LogP contribution is -2.27. The monoisotopic (exact) mass is 404 g/mol. The number of amides is 1. The molecule has 1 amide bonds. The maximum Gasteiger partial charge on any atom is 0.335 e. The molecule has 9 heteroatoms. The minimum atomic E-state index is -1.03. The quantitative estimate of drug-likeness (QED) is 0.541. The van der Waals surface area contributed by atoms with Gasteiger partial charge < -0.3 is 15.5 Å². The second-order valence-electron chi connectivity index (χ2n) is 6.11. The van der Waals surface area contributed by atoms with Crippen LogP contribution in [0.4, 0.5) is 0 Å². The molecule has 0 saturated carbocycles. The first kappa shape index (κ1) is 20.3. The van der Waals surface area contributed by atoms with E-state index in [9.17, 15) is 19.5 Å². The highest BCUT2D eigenvalue weighted by Gasteiger charge is 2.17. The number of nitrogens with one attached hydrogen (secondary N) is 1. The predicted molar refractivity (Wildman–Crippen MR) is 106 cm³/mol. The van der Waals surface area contributed by atoms with Crippen molar-refractivity contribution in [2.24, 2.45) is 0 Å². The van der Waals surface area contributed by atoms with E-state index in [0.29, 0.717) is 0 Å². The van der Waals surface area contributed by atoms with Gasteiger partial charge in [0.2, 0.25) is 5.88 Å². The molecule has 30 heavy (non-hydrogen) atoms. The second kappa shape index (κ2) is 9.16. The fourth-order valence-electron chi connectivity index (χ4n) is 2.47. The first-order valence-electron chi connectivity index (χ1n) is 8.75. The number of aromatic hydroxyl groups is 1. The van der Waals surface area contributed by atoms with Crippen LogP contribution in [0.2, 0.25) is 0 Å². The van der Waals surface area contributed by atoms with Crippen LogP contribution in [0.3, 0.4) is 0 Å². The highest BCUT2D eigenvalue weighted by atomic mass is 16.4. The van der Waals surface area contributed by atoms with Crippen molar-refractivity contribution in [1.29, 1.82) is 0 Å². The van der Waals surface area contributed by atoms with Crippen LogP contribution in [0.25, 0.3) is 0 Å². The number of rotatable bonds is 5. The minimum Gasteiger partial charge on any atom is -0.492 e. The van der Waals surface area contributed by atoms with Crippen molar-refractivity contribution >= 4 is 11.9 Å². The zero-order valence-electron chi connectivity index (χ0n) is 15.6. The molecular weight excluding hydrogens is 388 g/mol. The summed E-state index contributed by atoms with van der Waals surface area (Å²) in [4.78, 5) is 42.8. The Kier molecular flexibility index (Phi) is 6.20. The van der Waals surface area contributed by atoms with E-state index in [1.807, 2.05) is 0 Å². The van der Waals surface area contributed by atoms with Crippen molar-refractivity contribution in [2.45, 2.75) is 13.0 Å². The van der Waals surface area contributed by atoms with E-state index in [4.69, 9.17) is 5.11 Å². The Labute approximate surface area is 170 Å². The van der Waals surface area contributed by atoms with Crippen molar-refractivity contribution < 1.29 is 19.8 Å². The number of benzene rings is 1. The number of carbonyl (C=O) groups is 2. The van der Waals surface area contributed by atoms with E-state index in [2.05, 4.69) is 27.2 Å². The van der Waals surface area contributed by atoms with Crippen LogP contribution in [0, 0.1) is 12.0 Å². The Morgan fingerprint density at radius 1 is 1.07 bits per heavy atom. The molecule has 3 rings (SSSR count). The maximum absolute atomic E-state index is 12.3. The van der Waals surface area contributed by atoms with Crippen LogP contribution in [0.5, 0.6) is 5.88 Å². The molecule has 3 N–H and O–H groups in total. The van der Waals surface area contributed by atoms with Crippen molar-refractivity contribution in [3.63, 3.8) is 0 Å². The SMILES string of the molecule is O=C(O)c1ccc(CC#Cn2c(O)c(C(=O)NCc3ccncc3)ncc2=O)cc1. The van der Waals surface area contributed by atoms with E-state index in [-0.39, 0.29) is 24.2 Å². The Balaban J connectivity index is 1.74. The number of hydrogen-bond acceptors (Lipinski definition) is 6. The predicted octanol–water partition coefficient (Wildman–Crippen LogP) is 1.02. The number of carboxylic acids is 1. The van der Waals surface area contributed by atoms with Crippen molar-refractivity contribution in [3.05, 3.63) is 87.7 Å². The molecule has 1 aromatic carbocycles. The van der Waals surface area contributed by atoms with Crippen LogP contribution in [-0.4, -0.2) is 36.6 Å². The van der Waals surface area contributed by atoms with E-state index < -0.39 is 23.3 Å². The van der Waals surface area contributed by atoms with Crippen molar-refractivity contribution in [1.82, 2.24) is 19.9 Å². The van der Waals surface area contributed by atoms with E-state index in [0.717, 1.165) is 21.9 Å². The summed E-state index contributed by atoms with van der Waals surface area (Å²) in [5.41, 5.74) is 0.664. The van der Waals surface area contributed by atoms with Gasteiger partial charge in [0.1, 0.15) is 0 Å². The topological polar surface area (TPSA) is 134 Å². The summed E-state index contributed by atoms with van der Waals surface area (Å²) in [5, 5.41) is 21.8. The van der Waals surface area contributed by atoms with E-state index in [1.165, 1.54) is 12.1 Å². The van der Waals surface area contributed by atoms with Gasteiger partial charge in [-0.15, -0.1) is 0 Å². The zero-order chi connectivity index (χ0) is 21.5. The molecule has 0 unspecified atom stereocenters. The van der Waals surface area contributed by atoms with Crippen LogP contribution >= 0.6 is 0 Å². The minimum absolute atomic E-state index is 0.150. The van der Waals surface area contributed by atoms with E-state index >= 15 is 0 Å². The lowest BCUT2D eigenvalue weighted by atomic mass is 10.1. The standard InChI is InChI=1S/C21H16N4O5/c26-17-13-23-18(19(27)24-12-15-7-9-22-10-8-15)20(28)25(17)11-1-2-14-3-5-16(6-4-14)21(29)30/h3-10,13,28H,2,12H2,(H,24,27)(H,29,30). The highest BCUT2D eigenvalue weighted by Crippen LogP contribution is 2.11. The average Bonchev–Trinajstić information content (AvgIpc) is 2.75. The number of nitrogens with zero attached hydrogens (tertiary/aromatic N) is 3. The number of carboxylic acid groups (broad SMARTS) is 1. The molecule has 0 fully saturated rings. The molecule has 0 bridgehead atoms. The fraction of sp³-hybridized carbons (Fsp3) is 0.0952. The summed E-state index contributed by atoms with van der Waals surface area (Å²) in [6.07, 6.45) is 4.28. The first-order valence-corrected chi connectivity index (χ1v) is 8.75. The van der Waals surface area contributed by atoms with Crippen LogP contribution in [0.15, 0.2) is 59.8 Å². The molecule has 3 aromatic rings. The van der Waals surface area contributed by atoms with Gasteiger partial charge in [-0.2, -0.15) is 4.57 Å². The second-order valence-corrected chi connectivity index (χ2v) is 6.11. The number of aromatic carboxylic acids is 1. The third kappa shape index (κ3) is 4.88. The zero-order valence-corrected chi connectivity index (χ0v) is 15.6. The normalized spacial score (nSPS) is 10.0. The van der Waals surface area contributed by atoms with E-state index in [1.54, 1.807) is 36.7 Å². The van der Waals surface area contributed by atoms with Gasteiger partial charge >= 0.3 is 5.97 Å². The lowest BCUT2D eigenvalue weighted by Gasteiger charge is -2.07. The molecule has 0 saturated heterocycles. The Morgan fingerprint density at radius 2 is 1.77 bits per heavy atom. The van der Waals surface area contributed by atoms with Gasteiger partial charge in [0.25, 0.3) is 11.5 Å². The van der Waals surface area contributed by atoms with Gasteiger partial charge in [-0.3, -0.25) is 14.6 Å². The molecule has 2 aromatic heterocycles. The molecular formula is C21H16N4O5. The third-order valence-corrected chi connectivity index (χ3v) is 4.05. The Bertz CT molecular complexity index is 1190. The number of pyridine rings is 1. The number of hydrogen-bond donors (Lipinski definition) is 3. The third-order valence-electron chi connectivity index (χ3n) is 4.05. The van der Waals surface area contributed by atoms with Crippen LogP contribution in [0.1, 0.15) is 32.0 Å². The highest BCUT2D eigenvalue weighted by molar-refractivity contribution is 5.94. The smallest absolute Gasteiger partial charge is 0.335 e. The van der Waals surface area contributed by atoms with Gasteiger partial charge in [0.05, 0.1) is 11.8 Å². The van der Waals surface area contributed by atoms with Gasteiger partial charge in [-0.25, -0.2) is 9.78 Å². The summed E-state index contributed by atoms with van der Waals surface area (Å²) in [6, 6.07) is 12.0. The first-order chi connectivity index (χ1) is 14.5. The molecule has 150 valence electrons. The van der Waals surface area contributed by atoms with Crippen LogP contribution < -0.4 is 10.9 Å². The summed E-state index contributed by atoms with van der Waals surface area (Å²) in [6.45, 7) is 0.194. The summed E-state index contributed by atoms with van der Waals surface area (Å²) < 4.78 is 0.736. The molecule has 9 nitrogen and oxygen atoms in total. The molecule has 0 aliphatic carbocycles. The van der Waals surface area contributed by atoms with Gasteiger partial charge in [-0.1, -0.05) is 18.1 Å². The summed E-state index contributed by atoms with van der Waals surface area (Å²) in [5.74, 6) is 0.353. The van der Waals surface area contributed by atoms with Gasteiger partial charge in [-0.05, 0) is 35.4 Å². The molecule has 0 spiro atoms. The number of aromatic nitrogens is 3. The Hall–Kier alpha value is -4.45. The summed E-state index contributed by atoms with van der Waals surface area (Å²) in [7, 11) is 0. The fourth-order valence-corrected chi connectivity index (χ4v) is 2.47. The van der Waals surface area contributed by atoms with Crippen molar-refractivity contribution in [2.75, 3.05) is 0 Å².